The Labute approximate surface area is 214 Å². The molecule has 1 atom stereocenters. The second kappa shape index (κ2) is 16.7. The van der Waals surface area contributed by atoms with E-state index in [2.05, 4.69) is 4.98 Å². The number of pyridine rings is 1. The van der Waals surface area contributed by atoms with E-state index in [1.807, 2.05) is 0 Å². The Morgan fingerprint density at radius 1 is 0.750 bits per heavy atom. The van der Waals surface area contributed by atoms with Crippen LogP contribution < -0.4 is 0 Å². The van der Waals surface area contributed by atoms with E-state index in [-0.39, 0.29) is 31.9 Å². The SMILES string of the molecule is O=C(O)CN(CCN(CCN(CC(=O)O)CC(=O)O)[C@H](CSSc1ccccn1)C(=O)O)CC(=O)O. The number of carboxylic acid groups (broad SMARTS) is 5. The lowest BCUT2D eigenvalue weighted by molar-refractivity contribution is -0.145. The predicted molar refractivity (Wildman–Crippen MR) is 129 cm³/mol. The molecule has 16 heteroatoms. The highest BCUT2D eigenvalue weighted by Crippen LogP contribution is 2.30. The zero-order chi connectivity index (χ0) is 27.1. The Hall–Kier alpha value is -2.92. The molecule has 14 nitrogen and oxygen atoms in total. The first-order valence-corrected chi connectivity index (χ1v) is 12.8. The fraction of sp³-hybridized carbons (Fsp3) is 0.500. The topological polar surface area (TPSA) is 209 Å². The molecule has 0 fully saturated rings. The molecule has 0 aliphatic carbocycles. The lowest BCUT2D eigenvalue weighted by Gasteiger charge is -2.32. The van der Waals surface area contributed by atoms with E-state index >= 15 is 0 Å². The highest BCUT2D eigenvalue weighted by molar-refractivity contribution is 8.76. The maximum Gasteiger partial charge on any atom is 0.321 e. The van der Waals surface area contributed by atoms with Crippen molar-refractivity contribution >= 4 is 51.4 Å². The Kier molecular flexibility index (Phi) is 14.4. The van der Waals surface area contributed by atoms with E-state index in [1.165, 1.54) is 26.5 Å². The number of hydrogen-bond acceptors (Lipinski definition) is 11. The monoisotopic (exact) mass is 548 g/mol. The van der Waals surface area contributed by atoms with Gasteiger partial charge in [-0.25, -0.2) is 4.98 Å². The summed E-state index contributed by atoms with van der Waals surface area (Å²) >= 11 is 0. The van der Waals surface area contributed by atoms with E-state index in [0.717, 1.165) is 9.80 Å². The summed E-state index contributed by atoms with van der Waals surface area (Å²) in [6.07, 6.45) is 1.59. The summed E-state index contributed by atoms with van der Waals surface area (Å²) in [5.41, 5.74) is 0. The largest absolute Gasteiger partial charge is 0.480 e. The molecule has 1 aromatic rings. The molecular formula is C20H28N4O10S2. The van der Waals surface area contributed by atoms with Gasteiger partial charge >= 0.3 is 29.8 Å². The number of aliphatic carboxylic acids is 5. The van der Waals surface area contributed by atoms with E-state index in [0.29, 0.717) is 5.03 Å². The molecule has 0 aliphatic rings. The van der Waals surface area contributed by atoms with E-state index in [1.54, 1.807) is 24.4 Å². The average Bonchev–Trinajstić information content (AvgIpc) is 2.76. The summed E-state index contributed by atoms with van der Waals surface area (Å²) in [6.45, 7) is -2.62. The lowest BCUT2D eigenvalue weighted by Crippen LogP contribution is -2.50. The Morgan fingerprint density at radius 2 is 1.22 bits per heavy atom. The van der Waals surface area contributed by atoms with Gasteiger partial charge in [0.25, 0.3) is 0 Å². The minimum absolute atomic E-state index is 0.0552. The van der Waals surface area contributed by atoms with Crippen LogP contribution in [-0.2, 0) is 24.0 Å². The third-order valence-corrected chi connectivity index (χ3v) is 6.83. The lowest BCUT2D eigenvalue weighted by atomic mass is 10.2. The molecule has 1 aromatic heterocycles. The molecule has 200 valence electrons. The smallest absolute Gasteiger partial charge is 0.321 e. The van der Waals surface area contributed by atoms with Crippen molar-refractivity contribution in [1.82, 2.24) is 19.7 Å². The van der Waals surface area contributed by atoms with Crippen molar-refractivity contribution in [3.05, 3.63) is 24.4 Å². The van der Waals surface area contributed by atoms with Gasteiger partial charge < -0.3 is 25.5 Å². The van der Waals surface area contributed by atoms with Gasteiger partial charge in [-0.1, -0.05) is 16.9 Å². The number of carboxylic acids is 5. The standard InChI is InChI=1S/C20H28N4O10S2/c25-16(26)9-22(10-17(27)28)5-7-24(8-6-23(11-18(29)30)12-19(31)32)14(20(33)34)13-35-36-15-3-1-2-4-21-15/h1-4,14H,5-13H2,(H,25,26)(H,27,28)(H,29,30)(H,31,32)(H,33,34)/t14-/m1/s1. The number of carbonyl (C=O) groups is 5. The normalized spacial score (nSPS) is 12.1. The van der Waals surface area contributed by atoms with Crippen LogP contribution in [0.15, 0.2) is 29.4 Å². The summed E-state index contributed by atoms with van der Waals surface area (Å²) in [5.74, 6) is -6.16. The fourth-order valence-corrected chi connectivity index (χ4v) is 5.20. The van der Waals surface area contributed by atoms with Gasteiger partial charge in [0.05, 0.1) is 26.2 Å². The van der Waals surface area contributed by atoms with Crippen LogP contribution in [0, 0.1) is 0 Å². The van der Waals surface area contributed by atoms with Crippen molar-refractivity contribution in [2.45, 2.75) is 11.1 Å². The van der Waals surface area contributed by atoms with Crippen LogP contribution in [0.2, 0.25) is 0 Å². The second-order valence-corrected chi connectivity index (χ2v) is 9.78. The van der Waals surface area contributed by atoms with Crippen LogP contribution in [0.4, 0.5) is 0 Å². The number of hydrogen-bond donors (Lipinski definition) is 5. The Balaban J connectivity index is 3.00. The molecule has 0 bridgehead atoms. The molecule has 0 amide bonds. The van der Waals surface area contributed by atoms with E-state index < -0.39 is 62.1 Å². The van der Waals surface area contributed by atoms with Gasteiger partial charge in [0, 0.05) is 38.1 Å². The molecule has 1 rings (SSSR count). The number of aromatic nitrogens is 1. The highest BCUT2D eigenvalue weighted by atomic mass is 33.1. The fourth-order valence-electron chi connectivity index (χ4n) is 3.04. The summed E-state index contributed by atoms with van der Waals surface area (Å²) in [5, 5.41) is 46.7. The van der Waals surface area contributed by atoms with Gasteiger partial charge in [-0.15, -0.1) is 0 Å². The van der Waals surface area contributed by atoms with Crippen LogP contribution in [0.1, 0.15) is 0 Å². The molecule has 1 heterocycles. The minimum Gasteiger partial charge on any atom is -0.480 e. The summed E-state index contributed by atoms with van der Waals surface area (Å²) in [4.78, 5) is 64.3. The van der Waals surface area contributed by atoms with Gasteiger partial charge in [0.1, 0.15) is 11.1 Å². The van der Waals surface area contributed by atoms with E-state index in [9.17, 15) is 29.1 Å². The molecule has 0 saturated carbocycles. The quantitative estimate of drug-likeness (QED) is 0.130. The van der Waals surface area contributed by atoms with Crippen molar-refractivity contribution in [1.29, 1.82) is 0 Å². The number of rotatable bonds is 20. The first-order chi connectivity index (χ1) is 17.0. The van der Waals surface area contributed by atoms with Crippen LogP contribution in [0.3, 0.4) is 0 Å². The van der Waals surface area contributed by atoms with E-state index in [4.69, 9.17) is 20.4 Å². The molecule has 0 radical (unpaired) electrons. The second-order valence-electron chi connectivity index (χ2n) is 7.42. The Bertz CT molecular complexity index is 821. The average molecular weight is 549 g/mol. The van der Waals surface area contributed by atoms with Crippen molar-refractivity contribution in [3.8, 4) is 0 Å². The summed E-state index contributed by atoms with van der Waals surface area (Å²) in [7, 11) is 2.46. The van der Waals surface area contributed by atoms with Crippen LogP contribution in [0.25, 0.3) is 0 Å². The maximum absolute atomic E-state index is 12.1. The third-order valence-electron chi connectivity index (χ3n) is 4.58. The van der Waals surface area contributed by atoms with Crippen molar-refractivity contribution in [2.24, 2.45) is 0 Å². The van der Waals surface area contributed by atoms with Crippen molar-refractivity contribution in [2.75, 3.05) is 58.1 Å². The molecule has 0 saturated heterocycles. The molecule has 0 spiro atoms. The highest BCUT2D eigenvalue weighted by Gasteiger charge is 2.28. The molecule has 5 N–H and O–H groups in total. The van der Waals surface area contributed by atoms with Crippen LogP contribution in [0.5, 0.6) is 0 Å². The van der Waals surface area contributed by atoms with Gasteiger partial charge in [0.2, 0.25) is 0 Å². The first kappa shape index (κ1) is 31.1. The van der Waals surface area contributed by atoms with Crippen LogP contribution in [-0.4, -0.2) is 139 Å². The van der Waals surface area contributed by atoms with Gasteiger partial charge in [0.15, 0.2) is 0 Å². The summed E-state index contributed by atoms with van der Waals surface area (Å²) < 4.78 is 0. The van der Waals surface area contributed by atoms with Crippen LogP contribution >= 0.6 is 21.6 Å². The minimum atomic E-state index is -1.26. The molecule has 0 aromatic carbocycles. The van der Waals surface area contributed by atoms with Gasteiger partial charge in [-0.3, -0.25) is 38.7 Å². The van der Waals surface area contributed by atoms with Crippen molar-refractivity contribution < 1.29 is 49.5 Å². The summed E-state index contributed by atoms with van der Waals surface area (Å²) in [6, 6.07) is 4.14. The zero-order valence-corrected chi connectivity index (χ0v) is 20.8. The molecule has 0 aliphatic heterocycles. The Morgan fingerprint density at radius 3 is 1.58 bits per heavy atom. The maximum atomic E-state index is 12.1. The molecule has 0 unspecified atom stereocenters. The first-order valence-electron chi connectivity index (χ1n) is 10.5. The zero-order valence-electron chi connectivity index (χ0n) is 19.1. The molecule has 36 heavy (non-hydrogen) atoms. The van der Waals surface area contributed by atoms with Crippen molar-refractivity contribution in [3.63, 3.8) is 0 Å². The predicted octanol–water partition coefficient (Wildman–Crippen LogP) is -0.480. The third kappa shape index (κ3) is 13.8. The van der Waals surface area contributed by atoms with Gasteiger partial charge in [-0.2, -0.15) is 0 Å². The van der Waals surface area contributed by atoms with Gasteiger partial charge in [-0.05, 0) is 22.9 Å². The number of nitrogens with zero attached hydrogens (tertiary/aromatic N) is 4. The molecular weight excluding hydrogens is 520 g/mol.